The molecule has 1 heterocycles. The number of ether oxygens (including phenoxy) is 1. The smallest absolute Gasteiger partial charge is 0.194 e. The van der Waals surface area contributed by atoms with Gasteiger partial charge in [0.15, 0.2) is 5.78 Å². The van der Waals surface area contributed by atoms with Crippen LogP contribution in [0.2, 0.25) is 0 Å². The summed E-state index contributed by atoms with van der Waals surface area (Å²) in [6.45, 7) is 2.55. The van der Waals surface area contributed by atoms with Crippen LogP contribution in [0.25, 0.3) is 0 Å². The van der Waals surface area contributed by atoms with Crippen molar-refractivity contribution in [3.05, 3.63) is 65.7 Å². The van der Waals surface area contributed by atoms with Crippen molar-refractivity contribution in [1.29, 1.82) is 0 Å². The predicted molar refractivity (Wildman–Crippen MR) is 88.3 cm³/mol. The van der Waals surface area contributed by atoms with Crippen LogP contribution >= 0.6 is 0 Å². The minimum atomic E-state index is -1.49. The highest BCUT2D eigenvalue weighted by Crippen LogP contribution is 2.17. The lowest BCUT2D eigenvalue weighted by Gasteiger charge is -2.26. The first-order valence-electron chi connectivity index (χ1n) is 7.45. The van der Waals surface area contributed by atoms with E-state index in [2.05, 4.69) is 4.83 Å². The molecule has 23 heavy (non-hydrogen) atoms. The van der Waals surface area contributed by atoms with E-state index in [1.807, 2.05) is 23.2 Å². The summed E-state index contributed by atoms with van der Waals surface area (Å²) in [5.41, 5.74) is 1.04. The summed E-state index contributed by atoms with van der Waals surface area (Å²) in [6, 6.07) is 16.0. The van der Waals surface area contributed by atoms with Gasteiger partial charge in [0.25, 0.3) is 0 Å². The fraction of sp³-hybridized carbons (Fsp3) is 0.235. The van der Waals surface area contributed by atoms with Gasteiger partial charge in [0.2, 0.25) is 0 Å². The number of benzene rings is 2. The highest BCUT2D eigenvalue weighted by Gasteiger charge is 2.19. The van der Waals surface area contributed by atoms with Crippen LogP contribution < -0.4 is 4.83 Å². The van der Waals surface area contributed by atoms with Crippen molar-refractivity contribution in [2.24, 2.45) is 0 Å². The van der Waals surface area contributed by atoms with E-state index >= 15 is 0 Å². The third-order valence-corrected chi connectivity index (χ3v) is 4.77. The maximum absolute atomic E-state index is 12.7. The second-order valence-corrected chi connectivity index (χ2v) is 6.31. The number of ketones is 1. The monoisotopic (exact) mass is 330 g/mol. The molecule has 120 valence electrons. The molecule has 1 unspecified atom stereocenters. The van der Waals surface area contributed by atoms with Crippen molar-refractivity contribution in [3.8, 4) is 0 Å². The van der Waals surface area contributed by atoms with Crippen molar-refractivity contribution in [2.75, 3.05) is 26.3 Å². The van der Waals surface area contributed by atoms with Gasteiger partial charge in [0.1, 0.15) is 11.0 Å². The zero-order chi connectivity index (χ0) is 16.1. The van der Waals surface area contributed by atoms with Crippen LogP contribution in [0.5, 0.6) is 0 Å². The van der Waals surface area contributed by atoms with Gasteiger partial charge in [0, 0.05) is 24.2 Å². The van der Waals surface area contributed by atoms with E-state index in [0.717, 1.165) is 0 Å². The molecule has 1 N–H and O–H groups in total. The van der Waals surface area contributed by atoms with E-state index in [1.165, 1.54) is 0 Å². The highest BCUT2D eigenvalue weighted by atomic mass is 32.2. The zero-order valence-corrected chi connectivity index (χ0v) is 13.4. The Bertz CT molecular complexity index is 700. The Hall–Kier alpha value is -1.86. The second-order valence-electron chi connectivity index (χ2n) is 5.15. The fourth-order valence-corrected chi connectivity index (χ4v) is 3.46. The van der Waals surface area contributed by atoms with Gasteiger partial charge in [-0.15, -0.1) is 0 Å². The van der Waals surface area contributed by atoms with Crippen molar-refractivity contribution in [1.82, 2.24) is 9.84 Å². The van der Waals surface area contributed by atoms with Crippen LogP contribution in [0, 0.1) is 0 Å². The quantitative estimate of drug-likeness (QED) is 0.849. The van der Waals surface area contributed by atoms with Crippen LogP contribution in [0.15, 0.2) is 59.5 Å². The molecule has 2 aromatic carbocycles. The van der Waals surface area contributed by atoms with Gasteiger partial charge >= 0.3 is 0 Å². The number of hydrogen-bond donors (Lipinski definition) is 1. The summed E-state index contributed by atoms with van der Waals surface area (Å²) in [5, 5.41) is 1.86. The number of hydrogen-bond acceptors (Lipinski definition) is 4. The van der Waals surface area contributed by atoms with Gasteiger partial charge in [-0.05, 0) is 12.1 Å². The van der Waals surface area contributed by atoms with Gasteiger partial charge in [-0.3, -0.25) is 4.79 Å². The molecule has 0 amide bonds. The Morgan fingerprint density at radius 1 is 1.00 bits per heavy atom. The molecule has 0 aromatic heterocycles. The number of nitrogens with one attached hydrogen (secondary N) is 1. The lowest BCUT2D eigenvalue weighted by Crippen LogP contribution is -2.46. The number of carbonyl (C=O) groups excluding carboxylic acids is 1. The molecule has 0 saturated carbocycles. The van der Waals surface area contributed by atoms with Crippen LogP contribution in [0.3, 0.4) is 0 Å². The molecular weight excluding hydrogens is 312 g/mol. The third kappa shape index (κ3) is 3.92. The number of hydrazine groups is 1. The normalized spacial score (nSPS) is 16.9. The van der Waals surface area contributed by atoms with Crippen molar-refractivity contribution in [3.63, 3.8) is 0 Å². The maximum Gasteiger partial charge on any atom is 0.194 e. The summed E-state index contributed by atoms with van der Waals surface area (Å²) in [7, 11) is -1.49. The van der Waals surface area contributed by atoms with Gasteiger partial charge in [-0.2, -0.15) is 4.83 Å². The minimum absolute atomic E-state index is 0.127. The number of morpholine rings is 1. The fourth-order valence-electron chi connectivity index (χ4n) is 2.38. The molecule has 1 fully saturated rings. The lowest BCUT2D eigenvalue weighted by atomic mass is 10.0. The minimum Gasteiger partial charge on any atom is -0.379 e. The highest BCUT2D eigenvalue weighted by molar-refractivity contribution is 7.83. The molecule has 0 radical (unpaired) electrons. The number of carbonyl (C=O) groups is 1. The van der Waals surface area contributed by atoms with Gasteiger partial charge in [-0.25, -0.2) is 9.22 Å². The first-order valence-corrected chi connectivity index (χ1v) is 8.60. The van der Waals surface area contributed by atoms with Crippen LogP contribution in [-0.4, -0.2) is 41.3 Å². The first kappa shape index (κ1) is 16.0. The molecule has 1 saturated heterocycles. The molecule has 5 nitrogen and oxygen atoms in total. The molecule has 2 aromatic rings. The van der Waals surface area contributed by atoms with Crippen molar-refractivity contribution in [2.45, 2.75) is 4.90 Å². The van der Waals surface area contributed by atoms with Gasteiger partial charge in [0.05, 0.1) is 18.1 Å². The summed E-state index contributed by atoms with van der Waals surface area (Å²) in [5.74, 6) is -0.127. The van der Waals surface area contributed by atoms with E-state index < -0.39 is 11.0 Å². The average molecular weight is 330 g/mol. The van der Waals surface area contributed by atoms with E-state index in [4.69, 9.17) is 4.74 Å². The van der Waals surface area contributed by atoms with Crippen LogP contribution in [0.4, 0.5) is 0 Å². The van der Waals surface area contributed by atoms with E-state index in [9.17, 15) is 9.00 Å². The molecule has 3 rings (SSSR count). The summed E-state index contributed by atoms with van der Waals surface area (Å²) in [4.78, 5) is 16.1. The summed E-state index contributed by atoms with van der Waals surface area (Å²) in [6.07, 6.45) is 0. The molecule has 0 aliphatic carbocycles. The Labute approximate surface area is 137 Å². The molecule has 1 aliphatic heterocycles. The standard InChI is InChI=1S/C17H18N2O3S/c20-17(14-6-2-1-3-7-14)15-8-4-5-9-16(15)23(21)18-19-10-12-22-13-11-19/h1-9,18H,10-13H2. The van der Waals surface area contributed by atoms with E-state index in [0.29, 0.717) is 42.3 Å². The number of nitrogens with zero attached hydrogens (tertiary/aromatic N) is 1. The zero-order valence-electron chi connectivity index (χ0n) is 12.6. The van der Waals surface area contributed by atoms with Crippen molar-refractivity contribution >= 4 is 16.8 Å². The Morgan fingerprint density at radius 2 is 1.65 bits per heavy atom. The molecule has 0 bridgehead atoms. The molecule has 0 spiro atoms. The van der Waals surface area contributed by atoms with E-state index in [-0.39, 0.29) is 5.78 Å². The third-order valence-electron chi connectivity index (χ3n) is 3.59. The molecule has 1 atom stereocenters. The topological polar surface area (TPSA) is 58.6 Å². The second kappa shape index (κ2) is 7.61. The largest absolute Gasteiger partial charge is 0.379 e. The lowest BCUT2D eigenvalue weighted by molar-refractivity contribution is 0.0281. The van der Waals surface area contributed by atoms with Gasteiger partial charge in [-0.1, -0.05) is 42.5 Å². The molecule has 1 aliphatic rings. The Balaban J connectivity index is 1.82. The summed E-state index contributed by atoms with van der Waals surface area (Å²) < 4.78 is 17.9. The first-order chi connectivity index (χ1) is 11.3. The van der Waals surface area contributed by atoms with Gasteiger partial charge < -0.3 is 4.74 Å². The average Bonchev–Trinajstić information content (AvgIpc) is 2.62. The molecular formula is C17H18N2O3S. The Kier molecular flexibility index (Phi) is 5.30. The summed E-state index contributed by atoms with van der Waals surface area (Å²) >= 11 is 0. The number of rotatable bonds is 5. The van der Waals surface area contributed by atoms with Crippen LogP contribution in [-0.2, 0) is 15.7 Å². The van der Waals surface area contributed by atoms with E-state index in [1.54, 1.807) is 36.4 Å². The Morgan fingerprint density at radius 3 is 2.39 bits per heavy atom. The maximum atomic E-state index is 12.7. The molecule has 6 heteroatoms. The van der Waals surface area contributed by atoms with Crippen LogP contribution in [0.1, 0.15) is 15.9 Å². The predicted octanol–water partition coefficient (Wildman–Crippen LogP) is 1.78. The van der Waals surface area contributed by atoms with Crippen molar-refractivity contribution < 1.29 is 13.7 Å². The SMILES string of the molecule is O=C(c1ccccc1)c1ccccc1S(=O)NN1CCOCC1.